The Bertz CT molecular complexity index is 1050. The number of fused-ring (bicyclic) bond motifs is 1. The summed E-state index contributed by atoms with van der Waals surface area (Å²) in [4.78, 5) is 29.2. The van der Waals surface area contributed by atoms with Crippen LogP contribution in [0.4, 0.5) is 0 Å². The summed E-state index contributed by atoms with van der Waals surface area (Å²) < 4.78 is 12.8. The van der Waals surface area contributed by atoms with Gasteiger partial charge in [0.25, 0.3) is 0 Å². The fourth-order valence-corrected chi connectivity index (χ4v) is 4.17. The minimum absolute atomic E-state index is 0.146. The number of benzene rings is 2. The van der Waals surface area contributed by atoms with Gasteiger partial charge in [-0.05, 0) is 36.6 Å². The summed E-state index contributed by atoms with van der Waals surface area (Å²) in [6.45, 7) is 1.07. The fraction of sp³-hybridized carbons (Fsp3) is 0.318. The van der Waals surface area contributed by atoms with Gasteiger partial charge in [-0.25, -0.2) is 4.79 Å². The third-order valence-electron chi connectivity index (χ3n) is 4.54. The zero-order chi connectivity index (χ0) is 20.6. The Kier molecular flexibility index (Phi) is 7.32. The molecule has 3 aromatic rings. The number of carbonyl (C=O) groups excluding carboxylic acids is 2. The number of aromatic nitrogens is 1. The lowest BCUT2D eigenvalue weighted by molar-refractivity contribution is -0.118. The molecule has 0 spiro atoms. The molecule has 0 radical (unpaired) electrons. The average Bonchev–Trinajstić information content (AvgIpc) is 3.08. The van der Waals surface area contributed by atoms with Crippen LogP contribution in [0.25, 0.3) is 10.2 Å². The molecule has 1 aromatic heterocycles. The zero-order valence-corrected chi connectivity index (χ0v) is 17.4. The first-order chi connectivity index (χ1) is 14.1. The molecular formula is C22H24N2O4S. The Morgan fingerprint density at radius 2 is 1.90 bits per heavy atom. The predicted octanol–water partition coefficient (Wildman–Crippen LogP) is 3.59. The Balaban J connectivity index is 1.83. The highest BCUT2D eigenvalue weighted by atomic mass is 32.1. The molecule has 2 aromatic carbocycles. The number of thiazole rings is 1. The lowest BCUT2D eigenvalue weighted by Crippen LogP contribution is -2.19. The van der Waals surface area contributed by atoms with Crippen LogP contribution in [-0.4, -0.2) is 37.3 Å². The van der Waals surface area contributed by atoms with Crippen molar-refractivity contribution in [3.63, 3.8) is 0 Å². The molecule has 1 heterocycles. The maximum atomic E-state index is 12.4. The zero-order valence-electron chi connectivity index (χ0n) is 16.6. The van der Waals surface area contributed by atoms with Crippen molar-refractivity contribution in [3.8, 4) is 0 Å². The molecule has 0 fully saturated rings. The number of rotatable bonds is 8. The number of amides is 1. The molecule has 0 aliphatic carbocycles. The molecule has 29 heavy (non-hydrogen) atoms. The quantitative estimate of drug-likeness (QED) is 0.530. The van der Waals surface area contributed by atoms with Gasteiger partial charge in [-0.2, -0.15) is 4.99 Å². The van der Waals surface area contributed by atoms with Crippen LogP contribution in [0.1, 0.15) is 28.8 Å². The minimum Gasteiger partial charge on any atom is -0.465 e. The Morgan fingerprint density at radius 1 is 1.10 bits per heavy atom. The van der Waals surface area contributed by atoms with Gasteiger partial charge >= 0.3 is 5.97 Å². The average molecular weight is 413 g/mol. The standard InChI is InChI=1S/C22H24N2O4S/c1-27-14-13-24-18-12-11-17(21(26)28-2)15-19(18)29-22(24)23-20(25)10-6-9-16-7-4-3-5-8-16/h3-5,7-8,11-12,15H,6,9-10,13-14H2,1-2H3. The van der Waals surface area contributed by atoms with E-state index in [0.29, 0.717) is 29.9 Å². The third-order valence-corrected chi connectivity index (χ3v) is 5.58. The van der Waals surface area contributed by atoms with E-state index < -0.39 is 0 Å². The van der Waals surface area contributed by atoms with Gasteiger partial charge in [-0.3, -0.25) is 4.79 Å². The number of hydrogen-bond donors (Lipinski definition) is 0. The van der Waals surface area contributed by atoms with E-state index >= 15 is 0 Å². The van der Waals surface area contributed by atoms with Crippen molar-refractivity contribution in [2.75, 3.05) is 20.8 Å². The summed E-state index contributed by atoms with van der Waals surface area (Å²) in [6.07, 6.45) is 1.99. The van der Waals surface area contributed by atoms with E-state index in [4.69, 9.17) is 9.47 Å². The van der Waals surface area contributed by atoms with Gasteiger partial charge in [-0.15, -0.1) is 0 Å². The second-order valence-electron chi connectivity index (χ2n) is 6.55. The van der Waals surface area contributed by atoms with Crippen molar-refractivity contribution in [1.29, 1.82) is 0 Å². The van der Waals surface area contributed by atoms with Gasteiger partial charge < -0.3 is 14.0 Å². The predicted molar refractivity (Wildman–Crippen MR) is 113 cm³/mol. The molecule has 0 aliphatic heterocycles. The Morgan fingerprint density at radius 3 is 2.62 bits per heavy atom. The fourth-order valence-electron chi connectivity index (χ4n) is 3.05. The minimum atomic E-state index is -0.390. The third kappa shape index (κ3) is 5.40. The molecule has 0 saturated heterocycles. The SMILES string of the molecule is COCCn1c(=NC(=O)CCCc2ccccc2)sc2cc(C(=O)OC)ccc21. The van der Waals surface area contributed by atoms with Gasteiger partial charge in [0.1, 0.15) is 0 Å². The number of hydrogen-bond acceptors (Lipinski definition) is 5. The first-order valence-corrected chi connectivity index (χ1v) is 10.3. The van der Waals surface area contributed by atoms with Crippen LogP contribution in [0.2, 0.25) is 0 Å². The second kappa shape index (κ2) is 10.1. The molecule has 0 aliphatic rings. The maximum absolute atomic E-state index is 12.4. The van der Waals surface area contributed by atoms with Crippen molar-refractivity contribution < 1.29 is 19.1 Å². The molecule has 0 atom stereocenters. The second-order valence-corrected chi connectivity index (χ2v) is 7.56. The number of methoxy groups -OCH3 is 2. The highest BCUT2D eigenvalue weighted by molar-refractivity contribution is 7.16. The highest BCUT2D eigenvalue weighted by Gasteiger charge is 2.12. The summed E-state index contributed by atoms with van der Waals surface area (Å²) in [5, 5.41) is 0. The molecule has 0 bridgehead atoms. The number of esters is 1. The van der Waals surface area contributed by atoms with Crippen molar-refractivity contribution in [2.45, 2.75) is 25.8 Å². The van der Waals surface area contributed by atoms with Crippen LogP contribution in [0.3, 0.4) is 0 Å². The van der Waals surface area contributed by atoms with Crippen LogP contribution in [0.5, 0.6) is 0 Å². The van der Waals surface area contributed by atoms with E-state index in [-0.39, 0.29) is 11.9 Å². The lowest BCUT2D eigenvalue weighted by atomic mass is 10.1. The Hall–Kier alpha value is -2.77. The number of ether oxygens (including phenoxy) is 2. The summed E-state index contributed by atoms with van der Waals surface area (Å²) in [5.41, 5.74) is 2.60. The van der Waals surface area contributed by atoms with Crippen molar-refractivity contribution in [3.05, 3.63) is 64.5 Å². The topological polar surface area (TPSA) is 69.9 Å². The highest BCUT2D eigenvalue weighted by Crippen LogP contribution is 2.20. The van der Waals surface area contributed by atoms with Gasteiger partial charge in [-0.1, -0.05) is 41.7 Å². The molecule has 0 N–H and O–H groups in total. The van der Waals surface area contributed by atoms with Crippen molar-refractivity contribution >= 4 is 33.4 Å². The summed E-state index contributed by atoms with van der Waals surface area (Å²) in [7, 11) is 2.99. The van der Waals surface area contributed by atoms with Gasteiger partial charge in [0.2, 0.25) is 5.91 Å². The molecule has 7 heteroatoms. The Labute approximate surface area is 173 Å². The molecule has 152 valence electrons. The summed E-state index contributed by atoms with van der Waals surface area (Å²) >= 11 is 1.39. The normalized spacial score (nSPS) is 11.7. The van der Waals surface area contributed by atoms with Gasteiger partial charge in [0.05, 0.1) is 29.5 Å². The first-order valence-electron chi connectivity index (χ1n) is 9.44. The monoisotopic (exact) mass is 412 g/mol. The molecule has 6 nitrogen and oxygen atoms in total. The van der Waals surface area contributed by atoms with Crippen molar-refractivity contribution in [1.82, 2.24) is 4.57 Å². The van der Waals surface area contributed by atoms with E-state index in [1.54, 1.807) is 19.2 Å². The largest absolute Gasteiger partial charge is 0.465 e. The summed E-state index contributed by atoms with van der Waals surface area (Å²) in [5.74, 6) is -0.536. The van der Waals surface area contributed by atoms with Crippen LogP contribution in [0, 0.1) is 0 Å². The molecule has 1 amide bonds. The molecule has 0 unspecified atom stereocenters. The molecular weight excluding hydrogens is 388 g/mol. The van der Waals surface area contributed by atoms with Gasteiger partial charge in [0.15, 0.2) is 4.80 Å². The van der Waals surface area contributed by atoms with E-state index in [9.17, 15) is 9.59 Å². The maximum Gasteiger partial charge on any atom is 0.337 e. The lowest BCUT2D eigenvalue weighted by Gasteiger charge is -2.05. The molecule has 0 saturated carbocycles. The van der Waals surface area contributed by atoms with Crippen LogP contribution >= 0.6 is 11.3 Å². The number of aryl methyl sites for hydroxylation is 1. The van der Waals surface area contributed by atoms with Crippen LogP contribution in [-0.2, 0) is 27.2 Å². The van der Waals surface area contributed by atoms with E-state index in [0.717, 1.165) is 23.1 Å². The number of carbonyl (C=O) groups is 2. The van der Waals surface area contributed by atoms with Crippen LogP contribution < -0.4 is 4.80 Å². The molecule has 3 rings (SSSR count). The van der Waals surface area contributed by atoms with E-state index in [1.165, 1.54) is 24.0 Å². The van der Waals surface area contributed by atoms with E-state index in [1.807, 2.05) is 28.8 Å². The van der Waals surface area contributed by atoms with Crippen LogP contribution in [0.15, 0.2) is 53.5 Å². The first kappa shape index (κ1) is 21.0. The van der Waals surface area contributed by atoms with Crippen molar-refractivity contribution in [2.24, 2.45) is 4.99 Å². The summed E-state index contributed by atoms with van der Waals surface area (Å²) in [6, 6.07) is 15.4. The number of nitrogens with zero attached hydrogens (tertiary/aromatic N) is 2. The smallest absolute Gasteiger partial charge is 0.337 e. The van der Waals surface area contributed by atoms with E-state index in [2.05, 4.69) is 17.1 Å². The van der Waals surface area contributed by atoms with Gasteiger partial charge in [0, 0.05) is 20.1 Å².